The summed E-state index contributed by atoms with van der Waals surface area (Å²) >= 11 is 0. The maximum atomic E-state index is 13.1. The predicted molar refractivity (Wildman–Crippen MR) is 41.8 cm³/mol. The quantitative estimate of drug-likeness (QED) is 0.680. The highest BCUT2D eigenvalue weighted by Crippen LogP contribution is 2.42. The molecule has 6 heteroatoms. The molecule has 0 aromatic heterocycles. The van der Waals surface area contributed by atoms with Crippen LogP contribution in [0.15, 0.2) is 24.3 Å². The molecule has 15 heavy (non-hydrogen) atoms. The minimum Gasteiger partial charge on any atom is -0.457 e. The maximum absolute atomic E-state index is 13.1. The van der Waals surface area contributed by atoms with Gasteiger partial charge in [-0.05, 0) is 6.07 Å². The topological polar surface area (TPSA) is 18.5 Å². The Morgan fingerprint density at radius 1 is 1.20 bits per heavy atom. The predicted octanol–water partition coefficient (Wildman–Crippen LogP) is 2.95. The van der Waals surface area contributed by atoms with E-state index in [1.165, 1.54) is 18.2 Å². The van der Waals surface area contributed by atoms with Crippen molar-refractivity contribution in [3.63, 3.8) is 0 Å². The molecule has 1 aliphatic rings. The van der Waals surface area contributed by atoms with Crippen LogP contribution in [0.25, 0.3) is 0 Å². The van der Waals surface area contributed by atoms with Gasteiger partial charge in [0.2, 0.25) is 0 Å². The van der Waals surface area contributed by atoms with Gasteiger partial charge in [-0.25, -0.2) is 0 Å². The van der Waals surface area contributed by atoms with E-state index in [0.717, 1.165) is 0 Å². The summed E-state index contributed by atoms with van der Waals surface area (Å²) in [6.45, 7) is 0. The number of rotatable bonds is 1. The minimum absolute atomic E-state index is 0.0716. The van der Waals surface area contributed by atoms with Gasteiger partial charge in [-0.3, -0.25) is 4.74 Å². The van der Waals surface area contributed by atoms with Gasteiger partial charge in [-0.15, -0.1) is 13.2 Å². The van der Waals surface area contributed by atoms with Crippen molar-refractivity contribution in [3.8, 4) is 5.75 Å². The number of fused-ring (bicyclic) bond motifs is 1. The number of para-hydroxylation sites is 1. The third kappa shape index (κ3) is 2.04. The molecule has 0 spiro atoms. The smallest absolute Gasteiger partial charge is 0.457 e. The van der Waals surface area contributed by atoms with Crippen LogP contribution in [0.4, 0.5) is 17.6 Å². The van der Waals surface area contributed by atoms with E-state index in [9.17, 15) is 17.6 Å². The Hall–Kier alpha value is -1.30. The number of halogens is 4. The molecule has 0 saturated heterocycles. The van der Waals surface area contributed by atoms with E-state index in [0.29, 0.717) is 0 Å². The normalized spacial score (nSPS) is 24.8. The van der Waals surface area contributed by atoms with Gasteiger partial charge in [0.25, 0.3) is 6.36 Å². The van der Waals surface area contributed by atoms with Crippen LogP contribution in [0.1, 0.15) is 11.7 Å². The zero-order chi connectivity index (χ0) is 11.1. The molecule has 2 nitrogen and oxygen atoms in total. The lowest BCUT2D eigenvalue weighted by molar-refractivity contribution is -0.355. The standard InChI is InChI=1S/C9H6F4O2/c10-8-7(15-9(11,12)13)5-3-1-2-4-6(5)14-8/h1-4,7-8H. The molecule has 1 aromatic rings. The summed E-state index contributed by atoms with van der Waals surface area (Å²) in [4.78, 5) is 0. The molecule has 1 aliphatic heterocycles. The lowest BCUT2D eigenvalue weighted by Crippen LogP contribution is -2.23. The molecule has 1 heterocycles. The van der Waals surface area contributed by atoms with E-state index in [1.54, 1.807) is 6.07 Å². The van der Waals surface area contributed by atoms with E-state index in [-0.39, 0.29) is 11.3 Å². The molecule has 82 valence electrons. The van der Waals surface area contributed by atoms with Crippen molar-refractivity contribution in [2.75, 3.05) is 0 Å². The monoisotopic (exact) mass is 222 g/mol. The fourth-order valence-electron chi connectivity index (χ4n) is 1.41. The third-order valence-corrected chi connectivity index (χ3v) is 1.96. The van der Waals surface area contributed by atoms with Gasteiger partial charge in [-0.1, -0.05) is 18.2 Å². The van der Waals surface area contributed by atoms with Gasteiger partial charge in [0, 0.05) is 5.56 Å². The minimum atomic E-state index is -4.88. The molecule has 0 radical (unpaired) electrons. The highest BCUT2D eigenvalue weighted by molar-refractivity contribution is 5.38. The molecule has 2 unspecified atom stereocenters. The van der Waals surface area contributed by atoms with Crippen LogP contribution < -0.4 is 4.74 Å². The van der Waals surface area contributed by atoms with Gasteiger partial charge in [0.1, 0.15) is 5.75 Å². The average molecular weight is 222 g/mol. The van der Waals surface area contributed by atoms with Crippen molar-refractivity contribution < 1.29 is 27.0 Å². The Morgan fingerprint density at radius 3 is 2.53 bits per heavy atom. The number of hydrogen-bond donors (Lipinski definition) is 0. The average Bonchev–Trinajstić information content (AvgIpc) is 2.41. The van der Waals surface area contributed by atoms with Crippen molar-refractivity contribution in [2.45, 2.75) is 18.8 Å². The van der Waals surface area contributed by atoms with Crippen LogP contribution in [-0.4, -0.2) is 12.7 Å². The van der Waals surface area contributed by atoms with Gasteiger partial charge < -0.3 is 4.74 Å². The second-order valence-electron chi connectivity index (χ2n) is 2.99. The summed E-state index contributed by atoms with van der Waals surface area (Å²) in [6.07, 6.45) is -8.74. The van der Waals surface area contributed by atoms with E-state index >= 15 is 0 Å². The zero-order valence-corrected chi connectivity index (χ0v) is 7.29. The van der Waals surface area contributed by atoms with Crippen LogP contribution in [0.2, 0.25) is 0 Å². The summed E-state index contributed by atoms with van der Waals surface area (Å²) in [5.41, 5.74) is 0.0716. The van der Waals surface area contributed by atoms with Gasteiger partial charge in [-0.2, -0.15) is 4.39 Å². The van der Waals surface area contributed by atoms with E-state index in [1.807, 2.05) is 0 Å². The molecule has 2 rings (SSSR count). The fraction of sp³-hybridized carbons (Fsp3) is 0.333. The van der Waals surface area contributed by atoms with Gasteiger partial charge >= 0.3 is 6.36 Å². The summed E-state index contributed by atoms with van der Waals surface area (Å²) in [5, 5.41) is 0. The Labute approximate surface area is 82.4 Å². The highest BCUT2D eigenvalue weighted by Gasteiger charge is 2.43. The first-order valence-electron chi connectivity index (χ1n) is 4.11. The highest BCUT2D eigenvalue weighted by atomic mass is 19.4. The first-order valence-corrected chi connectivity index (χ1v) is 4.11. The number of alkyl halides is 4. The molecule has 0 fully saturated rings. The first kappa shape index (κ1) is 10.2. The van der Waals surface area contributed by atoms with E-state index < -0.39 is 18.8 Å². The Kier molecular flexibility index (Phi) is 2.30. The first-order chi connectivity index (χ1) is 6.97. The summed E-state index contributed by atoms with van der Waals surface area (Å²) in [6, 6.07) is 5.77. The van der Waals surface area contributed by atoms with Crippen LogP contribution >= 0.6 is 0 Å². The Bertz CT molecular complexity index is 363. The summed E-state index contributed by atoms with van der Waals surface area (Å²) in [5.74, 6) is 0.0826. The zero-order valence-electron chi connectivity index (χ0n) is 7.29. The maximum Gasteiger partial charge on any atom is 0.523 e. The van der Waals surface area contributed by atoms with Crippen LogP contribution in [0.5, 0.6) is 5.75 Å². The molecule has 2 atom stereocenters. The van der Waals surface area contributed by atoms with Crippen LogP contribution in [0, 0.1) is 0 Å². The summed E-state index contributed by atoms with van der Waals surface area (Å²) < 4.78 is 57.1. The van der Waals surface area contributed by atoms with E-state index in [2.05, 4.69) is 9.47 Å². The molecular formula is C9H6F4O2. The molecule has 0 bridgehead atoms. The number of benzene rings is 1. The third-order valence-electron chi connectivity index (χ3n) is 1.96. The van der Waals surface area contributed by atoms with Crippen molar-refractivity contribution in [1.29, 1.82) is 0 Å². The number of hydrogen-bond acceptors (Lipinski definition) is 2. The van der Waals surface area contributed by atoms with Crippen molar-refractivity contribution in [1.82, 2.24) is 0 Å². The van der Waals surface area contributed by atoms with Crippen LogP contribution in [0.3, 0.4) is 0 Å². The Balaban J connectivity index is 2.26. The van der Waals surface area contributed by atoms with Crippen molar-refractivity contribution in [3.05, 3.63) is 29.8 Å². The van der Waals surface area contributed by atoms with Gasteiger partial charge in [0.15, 0.2) is 6.10 Å². The summed E-state index contributed by atoms with van der Waals surface area (Å²) in [7, 11) is 0. The van der Waals surface area contributed by atoms with Gasteiger partial charge in [0.05, 0.1) is 0 Å². The Morgan fingerprint density at radius 2 is 1.87 bits per heavy atom. The fourth-order valence-corrected chi connectivity index (χ4v) is 1.41. The number of ether oxygens (including phenoxy) is 2. The van der Waals surface area contributed by atoms with Crippen LogP contribution in [-0.2, 0) is 4.74 Å². The lowest BCUT2D eigenvalue weighted by Gasteiger charge is -2.15. The SMILES string of the molecule is FC1Oc2ccccc2C1OC(F)(F)F. The molecule has 0 N–H and O–H groups in total. The van der Waals surface area contributed by atoms with Crippen molar-refractivity contribution >= 4 is 0 Å². The second-order valence-corrected chi connectivity index (χ2v) is 2.99. The largest absolute Gasteiger partial charge is 0.523 e. The molecule has 0 amide bonds. The van der Waals surface area contributed by atoms with Crippen molar-refractivity contribution in [2.24, 2.45) is 0 Å². The molecular weight excluding hydrogens is 216 g/mol. The molecule has 1 aromatic carbocycles. The van der Waals surface area contributed by atoms with E-state index in [4.69, 9.17) is 0 Å². The lowest BCUT2D eigenvalue weighted by atomic mass is 10.1. The molecule has 0 saturated carbocycles. The molecule has 0 aliphatic carbocycles. The second kappa shape index (κ2) is 3.37.